The van der Waals surface area contributed by atoms with Crippen LogP contribution in [0, 0.1) is 13.8 Å². The average molecular weight is 381 g/mol. The fourth-order valence-electron chi connectivity index (χ4n) is 3.12. The smallest absolute Gasteiger partial charge is 0.335 e. The lowest BCUT2D eigenvalue weighted by atomic mass is 10.0. The highest BCUT2D eigenvalue weighted by Crippen LogP contribution is 2.27. The fourth-order valence-corrected chi connectivity index (χ4v) is 3.12. The molecule has 146 valence electrons. The van der Waals surface area contributed by atoms with Crippen LogP contribution in [0.25, 0.3) is 6.08 Å². The summed E-state index contributed by atoms with van der Waals surface area (Å²) in [6, 6.07) is 8.06. The number of benzene rings is 1. The molecule has 0 aliphatic carbocycles. The van der Waals surface area contributed by atoms with Gasteiger partial charge in [0.2, 0.25) is 0 Å². The third kappa shape index (κ3) is 3.43. The molecule has 0 radical (unpaired) electrons. The number of nitrogens with one attached hydrogen (secondary N) is 1. The lowest BCUT2D eigenvalue weighted by molar-refractivity contribution is -0.122. The summed E-state index contributed by atoms with van der Waals surface area (Å²) in [6.45, 7) is 9.28. The largest absolute Gasteiger partial charge is 0.441 e. The van der Waals surface area contributed by atoms with E-state index in [9.17, 15) is 14.4 Å². The van der Waals surface area contributed by atoms with Crippen molar-refractivity contribution in [2.45, 2.75) is 27.7 Å². The molecule has 1 fully saturated rings. The Morgan fingerprint density at radius 2 is 1.79 bits per heavy atom. The van der Waals surface area contributed by atoms with Gasteiger partial charge in [-0.15, -0.1) is 0 Å². The van der Waals surface area contributed by atoms with Crippen molar-refractivity contribution < 1.29 is 18.8 Å². The van der Waals surface area contributed by atoms with Crippen molar-refractivity contribution >= 4 is 35.5 Å². The van der Waals surface area contributed by atoms with E-state index in [4.69, 9.17) is 4.42 Å². The van der Waals surface area contributed by atoms with E-state index >= 15 is 0 Å². The van der Waals surface area contributed by atoms with Gasteiger partial charge in [-0.3, -0.25) is 14.9 Å². The molecule has 2 aromatic rings. The number of hydrogen-bond acceptors (Lipinski definition) is 5. The molecule has 2 heterocycles. The Hall–Kier alpha value is -3.35. The van der Waals surface area contributed by atoms with Crippen molar-refractivity contribution in [3.63, 3.8) is 0 Å². The first-order valence-electron chi connectivity index (χ1n) is 9.19. The van der Waals surface area contributed by atoms with Crippen LogP contribution in [0.2, 0.25) is 0 Å². The van der Waals surface area contributed by atoms with Crippen molar-refractivity contribution in [2.24, 2.45) is 0 Å². The van der Waals surface area contributed by atoms with E-state index in [1.54, 1.807) is 24.3 Å². The Morgan fingerprint density at radius 1 is 1.07 bits per heavy atom. The zero-order valence-corrected chi connectivity index (χ0v) is 16.4. The van der Waals surface area contributed by atoms with Crippen molar-refractivity contribution in [2.75, 3.05) is 22.9 Å². The molecule has 4 amide bonds. The Kier molecular flexibility index (Phi) is 5.35. The molecule has 7 heteroatoms. The number of amides is 4. The summed E-state index contributed by atoms with van der Waals surface area (Å²) in [5.74, 6) is -0.390. The lowest BCUT2D eigenvalue weighted by Gasteiger charge is -2.27. The summed E-state index contributed by atoms with van der Waals surface area (Å²) in [4.78, 5) is 40.7. The number of anilines is 2. The topological polar surface area (TPSA) is 82.9 Å². The van der Waals surface area contributed by atoms with Gasteiger partial charge in [0.15, 0.2) is 5.88 Å². The van der Waals surface area contributed by atoms with Crippen molar-refractivity contribution in [1.82, 2.24) is 5.32 Å². The van der Waals surface area contributed by atoms with Crippen molar-refractivity contribution in [1.29, 1.82) is 0 Å². The number of carbonyl (C=O) groups excluding carboxylic acids is 3. The summed E-state index contributed by atoms with van der Waals surface area (Å²) in [6.07, 6.45) is 1.37. The lowest BCUT2D eigenvalue weighted by Crippen LogP contribution is -2.54. The van der Waals surface area contributed by atoms with Gasteiger partial charge < -0.3 is 9.32 Å². The normalized spacial score (nSPS) is 15.9. The second kappa shape index (κ2) is 7.72. The molecule has 1 aromatic carbocycles. The molecule has 0 saturated carbocycles. The van der Waals surface area contributed by atoms with E-state index < -0.39 is 17.8 Å². The Balaban J connectivity index is 1.98. The molecule has 1 aliphatic rings. The molecule has 0 atom stereocenters. The molecular weight excluding hydrogens is 358 g/mol. The van der Waals surface area contributed by atoms with Crippen LogP contribution >= 0.6 is 0 Å². The highest BCUT2D eigenvalue weighted by molar-refractivity contribution is 6.39. The predicted octanol–water partition coefficient (Wildman–Crippen LogP) is 3.41. The van der Waals surface area contributed by atoms with Crippen LogP contribution in [-0.2, 0) is 9.59 Å². The van der Waals surface area contributed by atoms with Crippen LogP contribution in [0.4, 0.5) is 16.4 Å². The van der Waals surface area contributed by atoms with Crippen molar-refractivity contribution in [3.05, 3.63) is 52.8 Å². The van der Waals surface area contributed by atoms with Gasteiger partial charge in [-0.2, -0.15) is 0 Å². The molecule has 3 rings (SSSR count). The number of barbiturate groups is 1. The first kappa shape index (κ1) is 19.4. The Bertz CT molecular complexity index is 970. The zero-order valence-electron chi connectivity index (χ0n) is 16.4. The number of rotatable bonds is 5. The molecular formula is C21H23N3O4. The minimum absolute atomic E-state index is 0.152. The van der Waals surface area contributed by atoms with Crippen LogP contribution in [0.15, 0.2) is 40.3 Å². The highest BCUT2D eigenvalue weighted by atomic mass is 16.4. The quantitative estimate of drug-likeness (QED) is 0.634. The average Bonchev–Trinajstić information content (AvgIpc) is 3.11. The summed E-state index contributed by atoms with van der Waals surface area (Å²) < 4.78 is 5.75. The highest BCUT2D eigenvalue weighted by Gasteiger charge is 2.37. The first-order valence-corrected chi connectivity index (χ1v) is 9.19. The molecule has 28 heavy (non-hydrogen) atoms. The molecule has 0 spiro atoms. The molecule has 1 N–H and O–H groups in total. The number of imide groups is 2. The first-order chi connectivity index (χ1) is 13.4. The number of carbonyl (C=O) groups is 3. The summed E-state index contributed by atoms with van der Waals surface area (Å²) in [5.41, 5.74) is 2.03. The molecule has 1 aromatic heterocycles. The molecule has 1 saturated heterocycles. The van der Waals surface area contributed by atoms with Gasteiger partial charge in [0.05, 0.1) is 5.69 Å². The second-order valence-corrected chi connectivity index (χ2v) is 6.53. The van der Waals surface area contributed by atoms with Crippen LogP contribution in [0.5, 0.6) is 0 Å². The third-order valence-corrected chi connectivity index (χ3v) is 4.89. The monoisotopic (exact) mass is 381 g/mol. The number of furan rings is 1. The maximum atomic E-state index is 13.0. The van der Waals surface area contributed by atoms with Crippen LogP contribution < -0.4 is 15.1 Å². The van der Waals surface area contributed by atoms with Crippen LogP contribution in [0.3, 0.4) is 0 Å². The summed E-state index contributed by atoms with van der Waals surface area (Å²) in [7, 11) is 0. The van der Waals surface area contributed by atoms with E-state index in [0.29, 0.717) is 17.3 Å². The van der Waals surface area contributed by atoms with Crippen molar-refractivity contribution in [3.8, 4) is 0 Å². The zero-order chi connectivity index (χ0) is 20.4. The Labute approximate surface area is 163 Å². The maximum Gasteiger partial charge on any atom is 0.335 e. The molecule has 1 aliphatic heterocycles. The SMILES string of the molecule is CCN(CC)c1ccc(/C=C2\C(=O)NC(=O)N(c3cccc(C)c3C)C2=O)o1. The standard InChI is InChI=1S/C21H23N3O4/c1-5-23(6-2)18-11-10-15(28-18)12-16-19(25)22-21(27)24(20(16)26)17-9-7-8-13(3)14(17)4/h7-12H,5-6H2,1-4H3,(H,22,25,27)/b16-12+. The van der Waals surface area contributed by atoms with Crippen LogP contribution in [0.1, 0.15) is 30.7 Å². The minimum atomic E-state index is -0.760. The molecule has 0 bridgehead atoms. The number of nitrogens with zero attached hydrogens (tertiary/aromatic N) is 2. The fraction of sp³-hybridized carbons (Fsp3) is 0.286. The summed E-state index contributed by atoms with van der Waals surface area (Å²) >= 11 is 0. The van der Waals surface area contributed by atoms with E-state index in [0.717, 1.165) is 29.1 Å². The van der Waals surface area contributed by atoms with Gasteiger partial charge in [-0.05, 0) is 57.0 Å². The van der Waals surface area contributed by atoms with Gasteiger partial charge >= 0.3 is 6.03 Å². The van der Waals surface area contributed by atoms with E-state index in [1.165, 1.54) is 6.08 Å². The molecule has 0 unspecified atom stereocenters. The van der Waals surface area contributed by atoms with Gasteiger partial charge in [-0.1, -0.05) is 12.1 Å². The number of aryl methyl sites for hydroxylation is 1. The minimum Gasteiger partial charge on any atom is -0.441 e. The summed E-state index contributed by atoms with van der Waals surface area (Å²) in [5, 5.41) is 2.23. The predicted molar refractivity (Wildman–Crippen MR) is 107 cm³/mol. The van der Waals surface area contributed by atoms with E-state index in [2.05, 4.69) is 5.32 Å². The second-order valence-electron chi connectivity index (χ2n) is 6.53. The van der Waals surface area contributed by atoms with E-state index in [-0.39, 0.29) is 5.57 Å². The van der Waals surface area contributed by atoms with Gasteiger partial charge in [0.1, 0.15) is 11.3 Å². The van der Waals surface area contributed by atoms with Gasteiger partial charge in [0.25, 0.3) is 11.8 Å². The maximum absolute atomic E-state index is 13.0. The van der Waals surface area contributed by atoms with E-state index in [1.807, 2.05) is 38.7 Å². The molecule has 7 nitrogen and oxygen atoms in total. The van der Waals surface area contributed by atoms with Crippen LogP contribution in [-0.4, -0.2) is 30.9 Å². The van der Waals surface area contributed by atoms with Gasteiger partial charge in [-0.25, -0.2) is 9.69 Å². The van der Waals surface area contributed by atoms with Gasteiger partial charge in [0, 0.05) is 19.2 Å². The third-order valence-electron chi connectivity index (χ3n) is 4.89. The number of hydrogen-bond donors (Lipinski definition) is 1. The Morgan fingerprint density at radius 3 is 2.46 bits per heavy atom. The number of urea groups is 1.